The van der Waals surface area contributed by atoms with Gasteiger partial charge in [0, 0.05) is 12.2 Å². The smallest absolute Gasteiger partial charge is 0.262 e. The van der Waals surface area contributed by atoms with Crippen molar-refractivity contribution in [3.63, 3.8) is 0 Å². The average Bonchev–Trinajstić information content (AvgIpc) is 3.12. The van der Waals surface area contributed by atoms with Crippen LogP contribution in [-0.4, -0.2) is 25.9 Å². The number of hydrogen-bond acceptors (Lipinski definition) is 5. The standard InChI is InChI=1S/C19H18N2O4/c1-2-23-15-9-7-14(8-10-15)21(12-4-11-20)19(22)16-5-3-6-17-18(16)25-13-24-17/h3,5-10H,2,4,12-13H2,1H3. The molecule has 1 aliphatic heterocycles. The van der Waals surface area contributed by atoms with Crippen LogP contribution in [-0.2, 0) is 0 Å². The Bertz CT molecular complexity index is 796. The Morgan fingerprint density at radius 2 is 2.04 bits per heavy atom. The van der Waals surface area contributed by atoms with E-state index in [1.807, 2.05) is 6.92 Å². The summed E-state index contributed by atoms with van der Waals surface area (Å²) in [7, 11) is 0. The van der Waals surface area contributed by atoms with E-state index in [1.165, 1.54) is 0 Å². The van der Waals surface area contributed by atoms with Gasteiger partial charge in [-0.3, -0.25) is 4.79 Å². The second kappa shape index (κ2) is 7.58. The van der Waals surface area contributed by atoms with Gasteiger partial charge in [0.2, 0.25) is 6.79 Å². The predicted octanol–water partition coefficient (Wildman–Crippen LogP) is 3.37. The maximum Gasteiger partial charge on any atom is 0.262 e. The van der Waals surface area contributed by atoms with Crippen LogP contribution in [0.1, 0.15) is 23.7 Å². The van der Waals surface area contributed by atoms with Crippen LogP contribution in [0.4, 0.5) is 5.69 Å². The van der Waals surface area contributed by atoms with Crippen LogP contribution >= 0.6 is 0 Å². The fourth-order valence-electron chi connectivity index (χ4n) is 2.64. The van der Waals surface area contributed by atoms with Gasteiger partial charge in [-0.2, -0.15) is 5.26 Å². The molecule has 1 heterocycles. The molecule has 25 heavy (non-hydrogen) atoms. The number of hydrogen-bond donors (Lipinski definition) is 0. The molecule has 0 spiro atoms. The van der Waals surface area contributed by atoms with Gasteiger partial charge in [0.15, 0.2) is 11.5 Å². The summed E-state index contributed by atoms with van der Waals surface area (Å²) in [5.74, 6) is 1.50. The molecule has 0 atom stereocenters. The van der Waals surface area contributed by atoms with E-state index in [9.17, 15) is 4.79 Å². The lowest BCUT2D eigenvalue weighted by molar-refractivity contribution is 0.0982. The van der Waals surface area contributed by atoms with Crippen molar-refractivity contribution in [3.8, 4) is 23.3 Å². The second-order valence-corrected chi connectivity index (χ2v) is 5.33. The van der Waals surface area contributed by atoms with Crippen LogP contribution in [0.5, 0.6) is 17.2 Å². The molecule has 0 unspecified atom stereocenters. The number of fused-ring (bicyclic) bond motifs is 1. The number of carbonyl (C=O) groups excluding carboxylic acids is 1. The number of ether oxygens (including phenoxy) is 3. The van der Waals surface area contributed by atoms with Crippen molar-refractivity contribution in [2.75, 3.05) is 24.8 Å². The summed E-state index contributed by atoms with van der Waals surface area (Å²) in [6.45, 7) is 2.87. The van der Waals surface area contributed by atoms with Crippen LogP contribution in [0.2, 0.25) is 0 Å². The minimum absolute atomic E-state index is 0.0981. The summed E-state index contributed by atoms with van der Waals surface area (Å²) in [6.07, 6.45) is 0.228. The first-order valence-electron chi connectivity index (χ1n) is 8.05. The number of nitriles is 1. The molecule has 0 aromatic heterocycles. The molecule has 2 aromatic carbocycles. The summed E-state index contributed by atoms with van der Waals surface area (Å²) < 4.78 is 16.2. The molecular weight excluding hydrogens is 320 g/mol. The van der Waals surface area contributed by atoms with Gasteiger partial charge in [0.25, 0.3) is 5.91 Å². The zero-order chi connectivity index (χ0) is 17.6. The number of nitrogens with zero attached hydrogens (tertiary/aromatic N) is 2. The normalized spacial score (nSPS) is 11.7. The van der Waals surface area contributed by atoms with Crippen molar-refractivity contribution < 1.29 is 19.0 Å². The highest BCUT2D eigenvalue weighted by Crippen LogP contribution is 2.36. The topological polar surface area (TPSA) is 71.8 Å². The Labute approximate surface area is 146 Å². The molecule has 6 nitrogen and oxygen atoms in total. The largest absolute Gasteiger partial charge is 0.494 e. The number of carbonyl (C=O) groups is 1. The highest BCUT2D eigenvalue weighted by atomic mass is 16.7. The third kappa shape index (κ3) is 3.50. The first-order chi connectivity index (χ1) is 12.2. The lowest BCUT2D eigenvalue weighted by Crippen LogP contribution is -2.32. The lowest BCUT2D eigenvalue weighted by atomic mass is 10.1. The Kier molecular flexibility index (Phi) is 5.05. The molecule has 128 valence electrons. The molecule has 0 saturated carbocycles. The number of anilines is 1. The lowest BCUT2D eigenvalue weighted by Gasteiger charge is -2.22. The highest BCUT2D eigenvalue weighted by molar-refractivity contribution is 6.08. The van der Waals surface area contributed by atoms with Gasteiger partial charge >= 0.3 is 0 Å². The molecular formula is C19H18N2O4. The maximum absolute atomic E-state index is 13.1. The molecule has 3 rings (SSSR count). The van der Waals surface area contributed by atoms with Gasteiger partial charge in [0.1, 0.15) is 5.75 Å². The molecule has 1 aliphatic rings. The minimum Gasteiger partial charge on any atom is -0.494 e. The Morgan fingerprint density at radius 1 is 1.24 bits per heavy atom. The van der Waals surface area contributed by atoms with Gasteiger partial charge in [-0.05, 0) is 43.3 Å². The Morgan fingerprint density at radius 3 is 2.76 bits per heavy atom. The van der Waals surface area contributed by atoms with Crippen LogP contribution in [0, 0.1) is 11.3 Å². The third-order valence-corrected chi connectivity index (χ3v) is 3.78. The van der Waals surface area contributed by atoms with Gasteiger partial charge in [0.05, 0.1) is 24.7 Å². The van der Waals surface area contributed by atoms with E-state index in [4.69, 9.17) is 19.5 Å². The van der Waals surface area contributed by atoms with Crippen LogP contribution in [0.3, 0.4) is 0 Å². The minimum atomic E-state index is -0.234. The third-order valence-electron chi connectivity index (χ3n) is 3.78. The van der Waals surface area contributed by atoms with Crippen LogP contribution in [0.25, 0.3) is 0 Å². The van der Waals surface area contributed by atoms with Crippen molar-refractivity contribution in [2.45, 2.75) is 13.3 Å². The monoisotopic (exact) mass is 338 g/mol. The summed E-state index contributed by atoms with van der Waals surface area (Å²) in [6, 6.07) is 14.5. The Hall–Kier alpha value is -3.20. The fraction of sp³-hybridized carbons (Fsp3) is 0.263. The molecule has 0 saturated heterocycles. The SMILES string of the molecule is CCOc1ccc(N(CCC#N)C(=O)c2cccc3c2OCO3)cc1. The van der Waals surface area contributed by atoms with Crippen molar-refractivity contribution in [2.24, 2.45) is 0 Å². The quantitative estimate of drug-likeness (QED) is 0.807. The highest BCUT2D eigenvalue weighted by Gasteiger charge is 2.26. The number of rotatable bonds is 6. The van der Waals surface area contributed by atoms with Crippen LogP contribution in [0.15, 0.2) is 42.5 Å². The zero-order valence-corrected chi connectivity index (χ0v) is 13.9. The van der Waals surface area contributed by atoms with Gasteiger partial charge in [-0.25, -0.2) is 0 Å². The molecule has 0 bridgehead atoms. The van der Waals surface area contributed by atoms with E-state index in [2.05, 4.69) is 6.07 Å². The predicted molar refractivity (Wildman–Crippen MR) is 92.1 cm³/mol. The summed E-state index contributed by atoms with van der Waals surface area (Å²) in [4.78, 5) is 14.6. The molecule has 6 heteroatoms. The first-order valence-corrected chi connectivity index (χ1v) is 8.05. The molecule has 0 radical (unpaired) electrons. The van der Waals surface area contributed by atoms with Gasteiger partial charge in [-0.15, -0.1) is 0 Å². The zero-order valence-electron chi connectivity index (χ0n) is 13.9. The average molecular weight is 338 g/mol. The Balaban J connectivity index is 1.91. The van der Waals surface area contributed by atoms with E-state index < -0.39 is 0 Å². The number of amides is 1. The summed E-state index contributed by atoms with van der Waals surface area (Å²) >= 11 is 0. The van der Waals surface area contributed by atoms with Crippen molar-refractivity contribution in [3.05, 3.63) is 48.0 Å². The number of benzene rings is 2. The molecule has 0 N–H and O–H groups in total. The van der Waals surface area contributed by atoms with Gasteiger partial charge in [-0.1, -0.05) is 6.07 Å². The molecule has 2 aromatic rings. The second-order valence-electron chi connectivity index (χ2n) is 5.33. The molecule has 0 aliphatic carbocycles. The first kappa shape index (κ1) is 16.7. The summed E-state index contributed by atoms with van der Waals surface area (Å²) in [5, 5.41) is 8.93. The fourth-order valence-corrected chi connectivity index (χ4v) is 2.64. The van der Waals surface area contributed by atoms with Gasteiger partial charge < -0.3 is 19.1 Å². The maximum atomic E-state index is 13.1. The van der Waals surface area contributed by atoms with E-state index in [0.717, 1.165) is 5.75 Å². The van der Waals surface area contributed by atoms with Crippen molar-refractivity contribution in [1.29, 1.82) is 5.26 Å². The van der Waals surface area contributed by atoms with E-state index in [0.29, 0.717) is 29.4 Å². The van der Waals surface area contributed by atoms with E-state index >= 15 is 0 Å². The van der Waals surface area contributed by atoms with E-state index in [-0.39, 0.29) is 25.7 Å². The molecule has 1 amide bonds. The molecule has 0 fully saturated rings. The van der Waals surface area contributed by atoms with Crippen LogP contribution < -0.4 is 19.1 Å². The number of para-hydroxylation sites is 1. The summed E-state index contributed by atoms with van der Waals surface area (Å²) in [5.41, 5.74) is 1.11. The van der Waals surface area contributed by atoms with Crippen molar-refractivity contribution in [1.82, 2.24) is 0 Å². The van der Waals surface area contributed by atoms with E-state index in [1.54, 1.807) is 47.4 Å². The van der Waals surface area contributed by atoms with Crippen molar-refractivity contribution >= 4 is 11.6 Å².